The molecule has 6 nitrogen and oxygen atoms in total. The molecule has 0 bridgehead atoms. The van der Waals surface area contributed by atoms with E-state index in [0.717, 1.165) is 0 Å². The molecule has 2 aromatic rings. The van der Waals surface area contributed by atoms with Gasteiger partial charge in [-0.3, -0.25) is 9.59 Å². The summed E-state index contributed by atoms with van der Waals surface area (Å²) in [6.07, 6.45) is 1.21. The molecule has 2 aliphatic heterocycles. The first kappa shape index (κ1) is 18.3. The van der Waals surface area contributed by atoms with Gasteiger partial charge in [-0.25, -0.2) is 4.39 Å². The zero-order valence-corrected chi connectivity index (χ0v) is 15.3. The van der Waals surface area contributed by atoms with Gasteiger partial charge in [-0.05, 0) is 36.6 Å². The van der Waals surface area contributed by atoms with Crippen molar-refractivity contribution in [2.75, 3.05) is 25.2 Å². The molecule has 2 aliphatic rings. The van der Waals surface area contributed by atoms with Crippen molar-refractivity contribution in [1.29, 1.82) is 0 Å². The Labute approximate surface area is 162 Å². The standard InChI is InChI=1S/C21H21FN2O4/c22-17-4-2-1-3-15(17)11-20(25)24-9-7-14(8-10-24)21(26)23-16-5-6-18-19(12-16)28-13-27-18/h1-6,12,14H,7-11,13H2,(H,23,26). The van der Waals surface area contributed by atoms with Crippen LogP contribution in [0.15, 0.2) is 42.5 Å². The highest BCUT2D eigenvalue weighted by atomic mass is 19.1. The van der Waals surface area contributed by atoms with E-state index < -0.39 is 0 Å². The molecular formula is C21H21FN2O4. The molecule has 4 rings (SSSR count). The molecule has 0 unspecified atom stereocenters. The lowest BCUT2D eigenvalue weighted by atomic mass is 9.95. The largest absolute Gasteiger partial charge is 0.454 e. The molecule has 1 fully saturated rings. The number of carbonyl (C=O) groups excluding carboxylic acids is 2. The molecule has 146 valence electrons. The summed E-state index contributed by atoms with van der Waals surface area (Å²) in [4.78, 5) is 26.7. The van der Waals surface area contributed by atoms with Crippen molar-refractivity contribution in [3.05, 3.63) is 53.8 Å². The molecule has 0 aromatic heterocycles. The van der Waals surface area contributed by atoms with Crippen LogP contribution in [0, 0.1) is 11.7 Å². The maximum Gasteiger partial charge on any atom is 0.231 e. The number of ether oxygens (including phenoxy) is 2. The van der Waals surface area contributed by atoms with Crippen LogP contribution in [0.4, 0.5) is 10.1 Å². The molecule has 7 heteroatoms. The number of piperidine rings is 1. The van der Waals surface area contributed by atoms with Crippen LogP contribution in [0.1, 0.15) is 18.4 Å². The minimum Gasteiger partial charge on any atom is -0.454 e. The maximum atomic E-state index is 13.7. The van der Waals surface area contributed by atoms with Crippen LogP contribution < -0.4 is 14.8 Å². The van der Waals surface area contributed by atoms with Crippen molar-refractivity contribution in [1.82, 2.24) is 4.90 Å². The van der Waals surface area contributed by atoms with Crippen LogP contribution in [-0.4, -0.2) is 36.6 Å². The summed E-state index contributed by atoms with van der Waals surface area (Å²) in [6, 6.07) is 11.6. The predicted molar refractivity (Wildman–Crippen MR) is 101 cm³/mol. The molecule has 0 atom stereocenters. The Hall–Kier alpha value is -3.09. The Morgan fingerprint density at radius 3 is 2.61 bits per heavy atom. The number of nitrogens with zero attached hydrogens (tertiary/aromatic N) is 1. The second kappa shape index (κ2) is 7.88. The summed E-state index contributed by atoms with van der Waals surface area (Å²) in [5.41, 5.74) is 1.06. The summed E-state index contributed by atoms with van der Waals surface area (Å²) >= 11 is 0. The van der Waals surface area contributed by atoms with E-state index in [1.54, 1.807) is 41.3 Å². The SMILES string of the molecule is O=C(Nc1ccc2c(c1)OCO2)C1CCN(C(=O)Cc2ccccc2F)CC1. The Bertz CT molecular complexity index is 894. The molecule has 0 aliphatic carbocycles. The van der Waals surface area contributed by atoms with E-state index in [1.807, 2.05) is 0 Å². The third kappa shape index (κ3) is 3.93. The predicted octanol–water partition coefficient (Wildman–Crippen LogP) is 2.97. The van der Waals surface area contributed by atoms with Gasteiger partial charge in [0.25, 0.3) is 0 Å². The van der Waals surface area contributed by atoms with E-state index >= 15 is 0 Å². The van der Waals surface area contributed by atoms with E-state index in [2.05, 4.69) is 5.32 Å². The number of benzene rings is 2. The van der Waals surface area contributed by atoms with E-state index in [0.29, 0.717) is 48.7 Å². The van der Waals surface area contributed by atoms with Gasteiger partial charge in [0, 0.05) is 30.8 Å². The third-order valence-corrected chi connectivity index (χ3v) is 5.16. The van der Waals surface area contributed by atoms with Crippen molar-refractivity contribution < 1.29 is 23.5 Å². The fourth-order valence-electron chi connectivity index (χ4n) is 3.53. The molecular weight excluding hydrogens is 363 g/mol. The lowest BCUT2D eigenvalue weighted by molar-refractivity contribution is -0.133. The number of halogens is 1. The molecule has 0 spiro atoms. The Kier molecular flexibility index (Phi) is 5.14. The summed E-state index contributed by atoms with van der Waals surface area (Å²) in [5, 5.41) is 2.91. The minimum absolute atomic E-state index is 0.0424. The highest BCUT2D eigenvalue weighted by Crippen LogP contribution is 2.34. The number of carbonyl (C=O) groups is 2. The van der Waals surface area contributed by atoms with Gasteiger partial charge in [0.1, 0.15) is 5.82 Å². The van der Waals surface area contributed by atoms with Crippen molar-refractivity contribution in [3.8, 4) is 11.5 Å². The van der Waals surface area contributed by atoms with E-state index in [4.69, 9.17) is 9.47 Å². The molecule has 1 N–H and O–H groups in total. The number of hydrogen-bond donors (Lipinski definition) is 1. The topological polar surface area (TPSA) is 67.9 Å². The summed E-state index contributed by atoms with van der Waals surface area (Å²) < 4.78 is 24.3. The molecule has 2 aromatic carbocycles. The number of amides is 2. The zero-order valence-electron chi connectivity index (χ0n) is 15.3. The average Bonchev–Trinajstić information content (AvgIpc) is 3.17. The first-order valence-electron chi connectivity index (χ1n) is 9.32. The Morgan fingerprint density at radius 2 is 1.82 bits per heavy atom. The van der Waals surface area contributed by atoms with Crippen molar-refractivity contribution >= 4 is 17.5 Å². The van der Waals surface area contributed by atoms with E-state index in [-0.39, 0.29) is 36.8 Å². The van der Waals surface area contributed by atoms with Crippen LogP contribution in [0.25, 0.3) is 0 Å². The summed E-state index contributed by atoms with van der Waals surface area (Å²) in [7, 11) is 0. The maximum absolute atomic E-state index is 13.7. The van der Waals surface area contributed by atoms with Crippen LogP contribution in [0.5, 0.6) is 11.5 Å². The smallest absolute Gasteiger partial charge is 0.231 e. The van der Waals surface area contributed by atoms with Gasteiger partial charge in [0.05, 0.1) is 6.42 Å². The summed E-state index contributed by atoms with van der Waals surface area (Å²) in [6.45, 7) is 1.17. The second-order valence-corrected chi connectivity index (χ2v) is 6.98. The van der Waals surface area contributed by atoms with E-state index in [9.17, 15) is 14.0 Å². The Balaban J connectivity index is 1.29. The highest BCUT2D eigenvalue weighted by molar-refractivity contribution is 5.93. The highest BCUT2D eigenvalue weighted by Gasteiger charge is 2.28. The molecule has 2 heterocycles. The number of hydrogen-bond acceptors (Lipinski definition) is 4. The number of rotatable bonds is 4. The van der Waals surface area contributed by atoms with Gasteiger partial charge in [-0.15, -0.1) is 0 Å². The van der Waals surface area contributed by atoms with E-state index in [1.165, 1.54) is 6.07 Å². The monoisotopic (exact) mass is 384 g/mol. The van der Waals surface area contributed by atoms with Crippen molar-refractivity contribution in [2.45, 2.75) is 19.3 Å². The third-order valence-electron chi connectivity index (χ3n) is 5.16. The second-order valence-electron chi connectivity index (χ2n) is 6.98. The Morgan fingerprint density at radius 1 is 1.07 bits per heavy atom. The zero-order chi connectivity index (χ0) is 19.5. The first-order chi connectivity index (χ1) is 13.6. The quantitative estimate of drug-likeness (QED) is 0.880. The normalized spacial score (nSPS) is 16.1. The molecule has 2 amide bonds. The van der Waals surface area contributed by atoms with Crippen molar-refractivity contribution in [2.24, 2.45) is 5.92 Å². The number of anilines is 1. The van der Waals surface area contributed by atoms with Crippen LogP contribution >= 0.6 is 0 Å². The van der Waals surface area contributed by atoms with Crippen LogP contribution in [0.2, 0.25) is 0 Å². The number of fused-ring (bicyclic) bond motifs is 1. The van der Waals surface area contributed by atoms with Gasteiger partial charge in [0.15, 0.2) is 11.5 Å². The minimum atomic E-state index is -0.367. The van der Waals surface area contributed by atoms with Crippen molar-refractivity contribution in [3.63, 3.8) is 0 Å². The van der Waals surface area contributed by atoms with Gasteiger partial charge in [0.2, 0.25) is 18.6 Å². The van der Waals surface area contributed by atoms with Crippen LogP contribution in [-0.2, 0) is 16.0 Å². The molecule has 1 saturated heterocycles. The average molecular weight is 384 g/mol. The summed E-state index contributed by atoms with van der Waals surface area (Å²) in [5.74, 6) is 0.572. The lowest BCUT2D eigenvalue weighted by Gasteiger charge is -2.31. The van der Waals surface area contributed by atoms with Gasteiger partial charge in [-0.1, -0.05) is 18.2 Å². The first-order valence-corrected chi connectivity index (χ1v) is 9.32. The van der Waals surface area contributed by atoms with Gasteiger partial charge >= 0.3 is 0 Å². The molecule has 0 saturated carbocycles. The number of nitrogens with one attached hydrogen (secondary N) is 1. The molecule has 0 radical (unpaired) electrons. The molecule has 28 heavy (non-hydrogen) atoms. The van der Waals surface area contributed by atoms with Gasteiger partial charge < -0.3 is 19.7 Å². The fourth-order valence-corrected chi connectivity index (χ4v) is 3.53. The fraction of sp³-hybridized carbons (Fsp3) is 0.333. The van der Waals surface area contributed by atoms with Gasteiger partial charge in [-0.2, -0.15) is 0 Å². The van der Waals surface area contributed by atoms with Crippen LogP contribution in [0.3, 0.4) is 0 Å². The lowest BCUT2D eigenvalue weighted by Crippen LogP contribution is -2.42. The number of likely N-dealkylation sites (tertiary alicyclic amines) is 1.